The topological polar surface area (TPSA) is 3.24 Å². The molecule has 0 N–H and O–H groups in total. The van der Waals surface area contributed by atoms with Gasteiger partial charge in [0.05, 0.1) is 6.04 Å². The van der Waals surface area contributed by atoms with Crippen LogP contribution in [-0.4, -0.2) is 14.1 Å². The Kier molecular flexibility index (Phi) is 7.21. The highest BCUT2D eigenvalue weighted by Crippen LogP contribution is 2.50. The Labute approximate surface area is 248 Å². The summed E-state index contributed by atoms with van der Waals surface area (Å²) in [7, 11) is -2.30. The van der Waals surface area contributed by atoms with Gasteiger partial charge in [-0.25, -0.2) is 0 Å². The van der Waals surface area contributed by atoms with Gasteiger partial charge in [-0.15, -0.1) is 0 Å². The molecule has 41 heavy (non-hydrogen) atoms. The van der Waals surface area contributed by atoms with E-state index < -0.39 is 8.07 Å². The Morgan fingerprint density at radius 2 is 1.68 bits per heavy atom. The van der Waals surface area contributed by atoms with Crippen molar-refractivity contribution in [2.24, 2.45) is 5.92 Å². The summed E-state index contributed by atoms with van der Waals surface area (Å²) < 4.78 is 0. The Bertz CT molecular complexity index is 1500. The minimum absolute atomic E-state index is 0.447. The molecule has 0 amide bonds. The van der Waals surface area contributed by atoms with E-state index in [-0.39, 0.29) is 0 Å². The quantitative estimate of drug-likeness (QED) is 0.255. The fraction of sp³-hybridized carbons (Fsp3) is 0.333. The minimum atomic E-state index is -2.30. The van der Waals surface area contributed by atoms with E-state index >= 15 is 0 Å². The largest absolute Gasteiger partial charge is 0.337 e. The third kappa shape index (κ3) is 4.52. The van der Waals surface area contributed by atoms with Gasteiger partial charge >= 0.3 is 0 Å². The summed E-state index contributed by atoms with van der Waals surface area (Å²) in [6, 6.07) is 19.9. The molecule has 2 aromatic rings. The van der Waals surface area contributed by atoms with Crippen LogP contribution in [0.4, 0.5) is 5.69 Å². The summed E-state index contributed by atoms with van der Waals surface area (Å²) in [5.41, 5.74) is 7.07. The monoisotopic (exact) mass is 553 g/mol. The Morgan fingerprint density at radius 3 is 2.41 bits per heavy atom. The van der Waals surface area contributed by atoms with Crippen molar-refractivity contribution in [2.75, 3.05) is 4.90 Å². The summed E-state index contributed by atoms with van der Waals surface area (Å²) in [5.74, 6) is 1.14. The van der Waals surface area contributed by atoms with Gasteiger partial charge in [0.25, 0.3) is 0 Å². The first kappa shape index (κ1) is 26.5. The molecule has 208 valence electrons. The van der Waals surface area contributed by atoms with Crippen molar-refractivity contribution < 1.29 is 0 Å². The molecular weight excluding hydrogens is 511 g/mol. The highest BCUT2D eigenvalue weighted by atomic mass is 28.3. The van der Waals surface area contributed by atoms with Gasteiger partial charge in [0, 0.05) is 17.3 Å². The number of allylic oxidation sites excluding steroid dienone is 13. The Hall–Kier alpha value is -3.36. The number of hydrogen-bond acceptors (Lipinski definition) is 1. The molecule has 0 radical (unpaired) electrons. The molecule has 0 saturated carbocycles. The number of anilines is 1. The second-order valence-corrected chi connectivity index (χ2v) is 17.2. The summed E-state index contributed by atoms with van der Waals surface area (Å²) in [6.07, 6.45) is 36.0. The van der Waals surface area contributed by atoms with Crippen molar-refractivity contribution in [3.8, 4) is 0 Å². The van der Waals surface area contributed by atoms with E-state index in [1.807, 2.05) is 0 Å². The molecule has 0 saturated heterocycles. The molecular formula is C39H43NSi. The fourth-order valence-electron chi connectivity index (χ4n) is 8.38. The summed E-state index contributed by atoms with van der Waals surface area (Å²) in [6.45, 7) is 4.65. The van der Waals surface area contributed by atoms with E-state index in [4.69, 9.17) is 0 Å². The lowest BCUT2D eigenvalue weighted by Crippen LogP contribution is -2.64. The highest BCUT2D eigenvalue weighted by molar-refractivity contribution is 7.05. The molecule has 1 aliphatic heterocycles. The summed E-state index contributed by atoms with van der Waals surface area (Å²) >= 11 is 0. The van der Waals surface area contributed by atoms with Gasteiger partial charge in [0.15, 0.2) is 0 Å². The normalized spacial score (nSPS) is 27.8. The van der Waals surface area contributed by atoms with Crippen molar-refractivity contribution in [3.63, 3.8) is 0 Å². The van der Waals surface area contributed by atoms with E-state index in [1.165, 1.54) is 29.8 Å². The molecule has 0 fully saturated rings. The van der Waals surface area contributed by atoms with Crippen LogP contribution in [0.15, 0.2) is 133 Å². The van der Waals surface area contributed by atoms with Crippen molar-refractivity contribution in [2.45, 2.75) is 75.4 Å². The van der Waals surface area contributed by atoms with Crippen LogP contribution in [0.5, 0.6) is 0 Å². The molecule has 1 heterocycles. The smallest absolute Gasteiger partial charge is 0.132 e. The maximum absolute atomic E-state index is 2.71. The molecule has 0 aromatic heterocycles. The van der Waals surface area contributed by atoms with E-state index in [0.29, 0.717) is 29.0 Å². The van der Waals surface area contributed by atoms with Crippen LogP contribution >= 0.6 is 0 Å². The van der Waals surface area contributed by atoms with E-state index in [1.54, 1.807) is 15.9 Å². The SMILES string of the molecule is CC(C)C1=CCC([Si](c2ccccc2)(c2ccc3c(c2)C2CCC=CC2N3C2=CC=CCC2)C2C=CC=CC2)C=C1. The Morgan fingerprint density at radius 1 is 0.805 bits per heavy atom. The van der Waals surface area contributed by atoms with Gasteiger partial charge in [0.2, 0.25) is 0 Å². The first-order chi connectivity index (χ1) is 20.2. The van der Waals surface area contributed by atoms with Crippen LogP contribution in [0.2, 0.25) is 11.1 Å². The maximum Gasteiger partial charge on any atom is 0.132 e. The van der Waals surface area contributed by atoms with Crippen LogP contribution in [0, 0.1) is 5.92 Å². The van der Waals surface area contributed by atoms with E-state index in [9.17, 15) is 0 Å². The summed E-state index contributed by atoms with van der Waals surface area (Å²) in [4.78, 5) is 2.69. The van der Waals surface area contributed by atoms with Crippen LogP contribution < -0.4 is 15.3 Å². The lowest BCUT2D eigenvalue weighted by Gasteiger charge is -2.45. The number of nitrogens with zero attached hydrogens (tertiary/aromatic N) is 1. The lowest BCUT2D eigenvalue weighted by molar-refractivity contribution is 0.560. The maximum atomic E-state index is 2.71. The van der Waals surface area contributed by atoms with Gasteiger partial charge < -0.3 is 4.90 Å². The molecule has 2 heteroatoms. The zero-order chi connectivity index (χ0) is 27.8. The van der Waals surface area contributed by atoms with Crippen molar-refractivity contribution in [1.29, 1.82) is 0 Å². The standard InChI is InChI=1S/C39H43NSi/c1-29(2)30-22-24-34(25-23-30)41(32-16-8-4-9-17-32,33-18-10-5-11-19-33)35-26-27-39-37(28-35)36-20-12-13-21-38(36)40(39)31-14-6-3-7-15-31/h3-6,8-11,13-14,16-18,21-24,26-29,33-34,36,38H,7,12,15,19-20,25H2,1-2H3. The molecule has 5 atom stereocenters. The van der Waals surface area contributed by atoms with Crippen LogP contribution in [0.25, 0.3) is 0 Å². The second-order valence-electron chi connectivity index (χ2n) is 12.8. The minimum Gasteiger partial charge on any atom is -0.337 e. The van der Waals surface area contributed by atoms with E-state index in [2.05, 4.69) is 140 Å². The van der Waals surface area contributed by atoms with Gasteiger partial charge in [0.1, 0.15) is 8.07 Å². The van der Waals surface area contributed by atoms with Crippen molar-refractivity contribution in [3.05, 3.63) is 138 Å². The average Bonchev–Trinajstić information content (AvgIpc) is 3.37. The second kappa shape index (κ2) is 11.1. The first-order valence-corrected chi connectivity index (χ1v) is 18.1. The first-order valence-electron chi connectivity index (χ1n) is 15.9. The molecule has 7 rings (SSSR count). The van der Waals surface area contributed by atoms with Gasteiger partial charge in [-0.3, -0.25) is 0 Å². The Balaban J connectivity index is 1.42. The zero-order valence-electron chi connectivity index (χ0n) is 24.6. The van der Waals surface area contributed by atoms with Crippen molar-refractivity contribution in [1.82, 2.24) is 0 Å². The zero-order valence-corrected chi connectivity index (χ0v) is 25.6. The van der Waals surface area contributed by atoms with Crippen LogP contribution in [0.3, 0.4) is 0 Å². The molecule has 0 bridgehead atoms. The van der Waals surface area contributed by atoms with Crippen LogP contribution in [-0.2, 0) is 0 Å². The van der Waals surface area contributed by atoms with Gasteiger partial charge in [-0.2, -0.15) is 0 Å². The van der Waals surface area contributed by atoms with Gasteiger partial charge in [-0.1, -0.05) is 134 Å². The van der Waals surface area contributed by atoms with Gasteiger partial charge in [-0.05, 0) is 78.8 Å². The fourth-order valence-corrected chi connectivity index (χ4v) is 14.3. The molecule has 1 nitrogen and oxygen atoms in total. The molecule has 2 aromatic carbocycles. The third-order valence-corrected chi connectivity index (χ3v) is 16.1. The lowest BCUT2D eigenvalue weighted by atomic mass is 9.86. The number of benzene rings is 2. The molecule has 5 unspecified atom stereocenters. The predicted molar refractivity (Wildman–Crippen MR) is 179 cm³/mol. The van der Waals surface area contributed by atoms with E-state index in [0.717, 1.165) is 25.7 Å². The average molecular weight is 554 g/mol. The number of hydrogen-bond donors (Lipinski definition) is 0. The number of fused-ring (bicyclic) bond motifs is 3. The molecule has 5 aliphatic rings. The predicted octanol–water partition coefficient (Wildman–Crippen LogP) is 8.90. The highest BCUT2D eigenvalue weighted by Gasteiger charge is 2.50. The molecule has 0 spiro atoms. The summed E-state index contributed by atoms with van der Waals surface area (Å²) in [5, 5.41) is 3.20. The van der Waals surface area contributed by atoms with Crippen molar-refractivity contribution >= 4 is 24.1 Å². The molecule has 4 aliphatic carbocycles. The number of rotatable bonds is 6. The van der Waals surface area contributed by atoms with Crippen LogP contribution in [0.1, 0.15) is 63.9 Å². The third-order valence-electron chi connectivity index (χ3n) is 10.4.